The smallest absolute Gasteiger partial charge is 0.306 e. The van der Waals surface area contributed by atoms with Crippen LogP contribution in [-0.2, 0) is 28.6 Å². The number of hydrogen-bond donors (Lipinski definition) is 0. The van der Waals surface area contributed by atoms with Gasteiger partial charge in [-0.2, -0.15) is 0 Å². The average molecular weight is 1040 g/mol. The summed E-state index contributed by atoms with van der Waals surface area (Å²) in [5.74, 6) is -0.928. The first-order chi connectivity index (χ1) is 36.5. The van der Waals surface area contributed by atoms with E-state index < -0.39 is 6.10 Å². The molecule has 0 heterocycles. The predicted octanol–water partition coefficient (Wildman–Crippen LogP) is 21.9. The van der Waals surface area contributed by atoms with Gasteiger partial charge in [0.25, 0.3) is 0 Å². The molecular weight excluding hydrogens is 913 g/mol. The van der Waals surface area contributed by atoms with E-state index in [0.29, 0.717) is 19.3 Å². The van der Waals surface area contributed by atoms with E-state index in [1.54, 1.807) is 0 Å². The molecule has 0 aliphatic heterocycles. The van der Waals surface area contributed by atoms with Crippen LogP contribution in [0.3, 0.4) is 0 Å². The molecule has 0 rings (SSSR count). The summed E-state index contributed by atoms with van der Waals surface area (Å²) in [5, 5.41) is 0. The summed E-state index contributed by atoms with van der Waals surface area (Å²) in [6.07, 6.45) is 80.2. The second kappa shape index (κ2) is 62.6. The Morgan fingerprint density at radius 1 is 0.284 bits per heavy atom. The van der Waals surface area contributed by atoms with Crippen LogP contribution < -0.4 is 0 Å². The van der Waals surface area contributed by atoms with Crippen molar-refractivity contribution in [2.45, 2.75) is 341 Å². The van der Waals surface area contributed by atoms with Crippen LogP contribution in [0.5, 0.6) is 0 Å². The second-order valence-electron chi connectivity index (χ2n) is 21.6. The van der Waals surface area contributed by atoms with E-state index in [0.717, 1.165) is 77.0 Å². The molecule has 0 bridgehead atoms. The fourth-order valence-electron chi connectivity index (χ4n) is 9.43. The molecule has 0 aromatic heterocycles. The van der Waals surface area contributed by atoms with Gasteiger partial charge in [0.15, 0.2) is 6.10 Å². The number of rotatable bonds is 59. The van der Waals surface area contributed by atoms with E-state index in [1.807, 2.05) is 0 Å². The Hall–Kier alpha value is -2.89. The first-order valence-electron chi connectivity index (χ1n) is 32.3. The number of allylic oxidation sites excluding steroid dienone is 10. The van der Waals surface area contributed by atoms with Crippen molar-refractivity contribution in [1.29, 1.82) is 0 Å². The summed E-state index contributed by atoms with van der Waals surface area (Å²) in [5.41, 5.74) is 0. The number of unbranched alkanes of at least 4 members (excludes halogenated alkanes) is 38. The number of hydrogen-bond acceptors (Lipinski definition) is 6. The highest BCUT2D eigenvalue weighted by Gasteiger charge is 2.19. The third-order valence-electron chi connectivity index (χ3n) is 14.3. The van der Waals surface area contributed by atoms with Crippen LogP contribution in [0.15, 0.2) is 60.8 Å². The van der Waals surface area contributed by atoms with Crippen LogP contribution in [-0.4, -0.2) is 37.2 Å². The maximum absolute atomic E-state index is 12.8. The minimum Gasteiger partial charge on any atom is -0.462 e. The van der Waals surface area contributed by atoms with Crippen LogP contribution in [0.25, 0.3) is 0 Å². The lowest BCUT2D eigenvalue weighted by Crippen LogP contribution is -2.30. The number of carbonyl (C=O) groups is 3. The molecule has 6 heteroatoms. The average Bonchev–Trinajstić information content (AvgIpc) is 3.40. The Bertz CT molecular complexity index is 1330. The lowest BCUT2D eigenvalue weighted by molar-refractivity contribution is -0.167. The predicted molar refractivity (Wildman–Crippen MR) is 321 cm³/mol. The molecule has 430 valence electrons. The normalized spacial score (nSPS) is 12.4. The van der Waals surface area contributed by atoms with Crippen LogP contribution in [0.4, 0.5) is 0 Å². The Morgan fingerprint density at radius 3 is 0.865 bits per heavy atom. The van der Waals surface area contributed by atoms with Crippen LogP contribution in [0, 0.1) is 0 Å². The first kappa shape index (κ1) is 71.1. The van der Waals surface area contributed by atoms with Gasteiger partial charge in [-0.1, -0.05) is 293 Å². The minimum absolute atomic E-state index is 0.0879. The molecule has 0 aromatic carbocycles. The molecule has 0 amide bonds. The van der Waals surface area contributed by atoms with Crippen LogP contribution in [0.2, 0.25) is 0 Å². The lowest BCUT2D eigenvalue weighted by atomic mass is 10.0. The molecule has 0 saturated heterocycles. The van der Waals surface area contributed by atoms with Crippen LogP contribution in [0.1, 0.15) is 335 Å². The number of esters is 3. The highest BCUT2D eigenvalue weighted by Crippen LogP contribution is 2.17. The van der Waals surface area contributed by atoms with E-state index in [9.17, 15) is 14.4 Å². The molecule has 1 atom stereocenters. The SMILES string of the molecule is CC/C=C\C/C=C\C/C=C\C/C=C\CCCCC(=O)OC(COC(=O)CCCCCCCC)COC(=O)CCCCCCCCCCCCCCCCCCCCCCCCC/C=C\CCCCCCCCCC. The van der Waals surface area contributed by atoms with Crippen LogP contribution >= 0.6 is 0 Å². The van der Waals surface area contributed by atoms with Gasteiger partial charge in [0, 0.05) is 19.3 Å². The molecular formula is C68H122O6. The second-order valence-corrected chi connectivity index (χ2v) is 21.6. The Balaban J connectivity index is 3.91. The van der Waals surface area contributed by atoms with Gasteiger partial charge in [-0.3, -0.25) is 14.4 Å². The maximum Gasteiger partial charge on any atom is 0.306 e. The topological polar surface area (TPSA) is 78.9 Å². The highest BCUT2D eigenvalue weighted by molar-refractivity contribution is 5.71. The monoisotopic (exact) mass is 1030 g/mol. The fourth-order valence-corrected chi connectivity index (χ4v) is 9.43. The standard InChI is InChI=1S/C68H122O6/c1-4-7-10-13-16-18-20-22-24-25-26-27-28-29-30-31-32-33-34-35-36-37-38-39-40-41-42-43-45-46-48-50-52-55-58-61-67(70)73-64-65(63-72-66(69)60-57-54-15-12-9-6-3)74-68(71)62-59-56-53-51-49-47-44-23-21-19-17-14-11-8-5-2/h8,11,17,19,23,25-26,44,49,51,65H,4-7,9-10,12-16,18,20-22,24,27-43,45-48,50,52-64H2,1-3H3/b11-8-,19-17-,26-25-,44-23-,51-49-. The Kier molecular flexibility index (Phi) is 60.2. The van der Waals surface area contributed by atoms with E-state index >= 15 is 0 Å². The van der Waals surface area contributed by atoms with E-state index in [4.69, 9.17) is 14.2 Å². The zero-order chi connectivity index (χ0) is 53.6. The number of carbonyl (C=O) groups excluding carboxylic acids is 3. The van der Waals surface area contributed by atoms with Crippen molar-refractivity contribution >= 4 is 17.9 Å². The molecule has 6 nitrogen and oxygen atoms in total. The van der Waals surface area contributed by atoms with Gasteiger partial charge < -0.3 is 14.2 Å². The quantitative estimate of drug-likeness (QED) is 0.0261. The van der Waals surface area contributed by atoms with Gasteiger partial charge in [-0.25, -0.2) is 0 Å². The molecule has 0 aliphatic carbocycles. The fraction of sp³-hybridized carbons (Fsp3) is 0.809. The molecule has 0 N–H and O–H groups in total. The molecule has 1 unspecified atom stereocenters. The largest absolute Gasteiger partial charge is 0.462 e. The van der Waals surface area contributed by atoms with E-state index in [1.165, 1.54) is 212 Å². The zero-order valence-corrected chi connectivity index (χ0v) is 49.4. The van der Waals surface area contributed by atoms with Gasteiger partial charge in [0.1, 0.15) is 13.2 Å². The van der Waals surface area contributed by atoms with E-state index in [-0.39, 0.29) is 37.5 Å². The summed E-state index contributed by atoms with van der Waals surface area (Å²) < 4.78 is 16.7. The Labute approximate surface area is 460 Å². The van der Waals surface area contributed by atoms with Crippen molar-refractivity contribution in [3.63, 3.8) is 0 Å². The van der Waals surface area contributed by atoms with Gasteiger partial charge in [0.2, 0.25) is 0 Å². The van der Waals surface area contributed by atoms with Gasteiger partial charge in [-0.15, -0.1) is 0 Å². The summed E-state index contributed by atoms with van der Waals surface area (Å²) in [6.45, 7) is 6.46. The molecule has 0 fully saturated rings. The first-order valence-corrected chi connectivity index (χ1v) is 32.3. The molecule has 74 heavy (non-hydrogen) atoms. The van der Waals surface area contributed by atoms with Crippen molar-refractivity contribution in [3.05, 3.63) is 60.8 Å². The van der Waals surface area contributed by atoms with Gasteiger partial charge in [-0.05, 0) is 83.5 Å². The maximum atomic E-state index is 12.8. The van der Waals surface area contributed by atoms with Crippen molar-refractivity contribution in [2.24, 2.45) is 0 Å². The lowest BCUT2D eigenvalue weighted by Gasteiger charge is -2.18. The van der Waals surface area contributed by atoms with Crippen molar-refractivity contribution in [1.82, 2.24) is 0 Å². The van der Waals surface area contributed by atoms with Gasteiger partial charge >= 0.3 is 17.9 Å². The van der Waals surface area contributed by atoms with Gasteiger partial charge in [0.05, 0.1) is 0 Å². The summed E-state index contributed by atoms with van der Waals surface area (Å²) in [4.78, 5) is 37.9. The number of ether oxygens (including phenoxy) is 3. The minimum atomic E-state index is -0.791. The van der Waals surface area contributed by atoms with Crippen molar-refractivity contribution < 1.29 is 28.6 Å². The molecule has 0 aromatic rings. The van der Waals surface area contributed by atoms with Crippen molar-refractivity contribution in [2.75, 3.05) is 13.2 Å². The molecule has 0 radical (unpaired) electrons. The Morgan fingerprint density at radius 2 is 0.527 bits per heavy atom. The highest BCUT2D eigenvalue weighted by atomic mass is 16.6. The van der Waals surface area contributed by atoms with Crippen molar-refractivity contribution in [3.8, 4) is 0 Å². The molecule has 0 saturated carbocycles. The summed E-state index contributed by atoms with van der Waals surface area (Å²) in [6, 6.07) is 0. The van der Waals surface area contributed by atoms with E-state index in [2.05, 4.69) is 81.5 Å². The summed E-state index contributed by atoms with van der Waals surface area (Å²) in [7, 11) is 0. The zero-order valence-electron chi connectivity index (χ0n) is 49.4. The molecule has 0 spiro atoms. The third-order valence-corrected chi connectivity index (χ3v) is 14.3. The molecule has 0 aliphatic rings. The summed E-state index contributed by atoms with van der Waals surface area (Å²) >= 11 is 0. The third kappa shape index (κ3) is 60.0.